The van der Waals surface area contributed by atoms with Crippen LogP contribution in [0.2, 0.25) is 5.15 Å². The van der Waals surface area contributed by atoms with E-state index in [-0.39, 0.29) is 0 Å². The van der Waals surface area contributed by atoms with Crippen LogP contribution in [-0.4, -0.2) is 16.0 Å². The number of thioether (sulfide) groups is 1. The van der Waals surface area contributed by atoms with E-state index >= 15 is 0 Å². The van der Waals surface area contributed by atoms with Crippen LogP contribution in [-0.2, 0) is 0 Å². The number of anilines is 2. The average Bonchev–Trinajstić information content (AvgIpc) is 2.41. The summed E-state index contributed by atoms with van der Waals surface area (Å²) in [4.78, 5) is 0.455. The molecule has 0 spiro atoms. The number of para-hydroxylation sites is 1. The van der Waals surface area contributed by atoms with Crippen molar-refractivity contribution >= 4 is 34.9 Å². The molecule has 1 heterocycles. The van der Waals surface area contributed by atoms with Crippen LogP contribution in [0.3, 0.4) is 0 Å². The lowest BCUT2D eigenvalue weighted by atomic mass is 10.2. The molecule has 1 aromatic carbocycles. The molecule has 0 aliphatic rings. The van der Waals surface area contributed by atoms with Gasteiger partial charge in [0.15, 0.2) is 11.0 Å². The van der Waals surface area contributed by atoms with Crippen molar-refractivity contribution in [1.82, 2.24) is 10.2 Å². The lowest BCUT2D eigenvalue weighted by Gasteiger charge is -2.13. The Labute approximate surface area is 124 Å². The molecule has 1 aromatic heterocycles. The highest BCUT2D eigenvalue weighted by Gasteiger charge is 2.13. The second-order valence-corrected chi connectivity index (χ2v) is 5.48. The van der Waals surface area contributed by atoms with Crippen LogP contribution in [0.15, 0.2) is 29.2 Å². The number of benzene rings is 1. The molecule has 20 heavy (non-hydrogen) atoms. The Morgan fingerprint density at radius 1 is 1.15 bits per heavy atom. The molecule has 0 atom stereocenters. The van der Waals surface area contributed by atoms with Crippen molar-refractivity contribution < 1.29 is 8.78 Å². The van der Waals surface area contributed by atoms with Gasteiger partial charge in [0.05, 0.1) is 5.69 Å². The molecule has 2 rings (SSSR count). The van der Waals surface area contributed by atoms with Crippen molar-refractivity contribution in [2.24, 2.45) is 0 Å². The Bertz CT molecular complexity index is 623. The maximum atomic E-state index is 12.5. The number of rotatable bonds is 4. The van der Waals surface area contributed by atoms with E-state index in [9.17, 15) is 8.78 Å². The van der Waals surface area contributed by atoms with Gasteiger partial charge in [-0.25, -0.2) is 0 Å². The molecule has 0 unspecified atom stereocenters. The molecule has 1 N–H and O–H groups in total. The van der Waals surface area contributed by atoms with Crippen LogP contribution in [0.1, 0.15) is 11.1 Å². The highest BCUT2D eigenvalue weighted by molar-refractivity contribution is 7.99. The standard InChI is InChI=1S/C13H12ClF2N3S/c1-7-8(2)12(19-18-11(7)14)17-9-5-3-4-6-10(9)20-13(15)16/h3-6,13H,1-2H3,(H,17,19). The van der Waals surface area contributed by atoms with Crippen molar-refractivity contribution in [3.8, 4) is 0 Å². The lowest BCUT2D eigenvalue weighted by molar-refractivity contribution is 0.252. The molecule has 106 valence electrons. The predicted molar refractivity (Wildman–Crippen MR) is 78.1 cm³/mol. The molecule has 0 amide bonds. The molecule has 0 radical (unpaired) electrons. The topological polar surface area (TPSA) is 37.8 Å². The van der Waals surface area contributed by atoms with Crippen LogP contribution >= 0.6 is 23.4 Å². The average molecular weight is 316 g/mol. The van der Waals surface area contributed by atoms with Crippen molar-refractivity contribution in [3.05, 3.63) is 40.5 Å². The van der Waals surface area contributed by atoms with Gasteiger partial charge in [-0.1, -0.05) is 35.5 Å². The molecule has 0 aliphatic carbocycles. The van der Waals surface area contributed by atoms with Gasteiger partial charge < -0.3 is 5.32 Å². The third kappa shape index (κ3) is 3.37. The Morgan fingerprint density at radius 2 is 1.85 bits per heavy atom. The number of hydrogen-bond acceptors (Lipinski definition) is 4. The molecular formula is C13H12ClF2N3S. The minimum absolute atomic E-state index is 0.336. The smallest absolute Gasteiger partial charge is 0.288 e. The first-order chi connectivity index (χ1) is 9.49. The normalized spacial score (nSPS) is 10.9. The van der Waals surface area contributed by atoms with E-state index in [0.29, 0.717) is 33.3 Å². The number of nitrogens with zero attached hydrogens (tertiary/aromatic N) is 2. The third-order valence-corrected chi connectivity index (χ3v) is 3.97. The minimum Gasteiger partial charge on any atom is -0.338 e. The first kappa shape index (κ1) is 15.0. The molecule has 0 saturated carbocycles. The number of hydrogen-bond donors (Lipinski definition) is 1. The van der Waals surface area contributed by atoms with Crippen LogP contribution in [0, 0.1) is 13.8 Å². The number of alkyl halides is 2. The van der Waals surface area contributed by atoms with Gasteiger partial charge in [0.1, 0.15) is 0 Å². The van der Waals surface area contributed by atoms with E-state index in [1.165, 1.54) is 0 Å². The molecule has 3 nitrogen and oxygen atoms in total. The summed E-state index contributed by atoms with van der Waals surface area (Å²) >= 11 is 6.37. The van der Waals surface area contributed by atoms with E-state index in [2.05, 4.69) is 15.5 Å². The Kier molecular flexibility index (Phi) is 4.77. The van der Waals surface area contributed by atoms with E-state index in [1.54, 1.807) is 24.3 Å². The lowest BCUT2D eigenvalue weighted by Crippen LogP contribution is -2.02. The van der Waals surface area contributed by atoms with Crippen LogP contribution < -0.4 is 5.32 Å². The van der Waals surface area contributed by atoms with Gasteiger partial charge in [0.25, 0.3) is 5.76 Å². The molecule has 0 saturated heterocycles. The Morgan fingerprint density at radius 3 is 2.55 bits per heavy atom. The van der Waals surface area contributed by atoms with Gasteiger partial charge in [-0.2, -0.15) is 8.78 Å². The summed E-state index contributed by atoms with van der Waals surface area (Å²) < 4.78 is 25.1. The predicted octanol–water partition coefficient (Wildman–Crippen LogP) is 4.81. The zero-order chi connectivity index (χ0) is 14.7. The molecule has 0 fully saturated rings. The molecule has 0 aliphatic heterocycles. The molecule has 2 aromatic rings. The summed E-state index contributed by atoms with van der Waals surface area (Å²) in [5, 5.41) is 11.2. The third-order valence-electron chi connectivity index (χ3n) is 2.82. The highest BCUT2D eigenvalue weighted by Crippen LogP contribution is 2.34. The number of aromatic nitrogens is 2. The van der Waals surface area contributed by atoms with Gasteiger partial charge in [-0.15, -0.1) is 10.2 Å². The first-order valence-electron chi connectivity index (χ1n) is 5.79. The SMILES string of the molecule is Cc1c(Cl)nnc(Nc2ccccc2SC(F)F)c1C. The van der Waals surface area contributed by atoms with E-state index < -0.39 is 5.76 Å². The van der Waals surface area contributed by atoms with Gasteiger partial charge in [-0.3, -0.25) is 0 Å². The summed E-state index contributed by atoms with van der Waals surface area (Å²) in [7, 11) is 0. The maximum absolute atomic E-state index is 12.5. The quantitative estimate of drug-likeness (QED) is 0.822. The van der Waals surface area contributed by atoms with Crippen LogP contribution in [0.25, 0.3) is 0 Å². The Balaban J connectivity index is 2.33. The summed E-state index contributed by atoms with van der Waals surface area (Å²) in [5.74, 6) is -1.97. The summed E-state index contributed by atoms with van der Waals surface area (Å²) in [6.07, 6.45) is 0. The fraction of sp³-hybridized carbons (Fsp3) is 0.231. The monoisotopic (exact) mass is 315 g/mol. The maximum Gasteiger partial charge on any atom is 0.288 e. The largest absolute Gasteiger partial charge is 0.338 e. The number of nitrogens with one attached hydrogen (secondary N) is 1. The van der Waals surface area contributed by atoms with Crippen LogP contribution in [0.4, 0.5) is 20.3 Å². The van der Waals surface area contributed by atoms with Gasteiger partial charge in [-0.05, 0) is 37.1 Å². The number of halogens is 3. The summed E-state index contributed by atoms with van der Waals surface area (Å²) in [6.45, 7) is 3.68. The van der Waals surface area contributed by atoms with Crippen molar-refractivity contribution in [3.63, 3.8) is 0 Å². The fourth-order valence-electron chi connectivity index (χ4n) is 1.59. The van der Waals surface area contributed by atoms with E-state index in [1.807, 2.05) is 13.8 Å². The zero-order valence-corrected chi connectivity index (χ0v) is 12.4. The van der Waals surface area contributed by atoms with Crippen molar-refractivity contribution in [2.75, 3.05) is 5.32 Å². The minimum atomic E-state index is -2.47. The molecular weight excluding hydrogens is 304 g/mol. The van der Waals surface area contributed by atoms with Gasteiger partial charge in [0.2, 0.25) is 0 Å². The van der Waals surface area contributed by atoms with Gasteiger partial charge >= 0.3 is 0 Å². The second-order valence-electron chi connectivity index (χ2n) is 4.09. The van der Waals surface area contributed by atoms with Crippen molar-refractivity contribution in [1.29, 1.82) is 0 Å². The fourth-order valence-corrected chi connectivity index (χ4v) is 2.37. The van der Waals surface area contributed by atoms with Crippen LogP contribution in [0.5, 0.6) is 0 Å². The first-order valence-corrected chi connectivity index (χ1v) is 7.05. The zero-order valence-electron chi connectivity index (χ0n) is 10.8. The molecule has 7 heteroatoms. The Hall–Kier alpha value is -1.40. The second kappa shape index (κ2) is 6.37. The highest BCUT2D eigenvalue weighted by atomic mass is 35.5. The summed E-state index contributed by atoms with van der Waals surface area (Å²) in [5.41, 5.74) is 2.21. The van der Waals surface area contributed by atoms with E-state index in [0.717, 1.165) is 11.1 Å². The van der Waals surface area contributed by atoms with Crippen molar-refractivity contribution in [2.45, 2.75) is 24.5 Å². The summed E-state index contributed by atoms with van der Waals surface area (Å²) in [6, 6.07) is 6.82. The van der Waals surface area contributed by atoms with E-state index in [4.69, 9.17) is 11.6 Å². The van der Waals surface area contributed by atoms with Gasteiger partial charge in [0, 0.05) is 4.90 Å². The molecule has 0 bridgehead atoms.